The van der Waals surface area contributed by atoms with E-state index in [4.69, 9.17) is 9.88 Å². The molecule has 0 aliphatic carbocycles. The fourth-order valence-electron chi connectivity index (χ4n) is 1.45. The zero-order valence-corrected chi connectivity index (χ0v) is 11.1. The van der Waals surface area contributed by atoms with E-state index >= 15 is 0 Å². The van der Waals surface area contributed by atoms with E-state index in [-0.39, 0.29) is 16.3 Å². The van der Waals surface area contributed by atoms with Gasteiger partial charge in [0, 0.05) is 32.4 Å². The molecule has 106 valence electrons. The van der Waals surface area contributed by atoms with Gasteiger partial charge < -0.3 is 10.1 Å². The van der Waals surface area contributed by atoms with Crippen molar-refractivity contribution < 1.29 is 18.1 Å². The van der Waals surface area contributed by atoms with Crippen LogP contribution in [0, 0.1) is 10.1 Å². The normalized spacial score (nSPS) is 11.3. The van der Waals surface area contributed by atoms with Gasteiger partial charge in [-0.2, -0.15) is 0 Å². The lowest BCUT2D eigenvalue weighted by atomic mass is 10.2. The van der Waals surface area contributed by atoms with E-state index < -0.39 is 14.9 Å². The predicted octanol–water partition coefficient (Wildman–Crippen LogP) is 0.691. The van der Waals surface area contributed by atoms with Gasteiger partial charge >= 0.3 is 0 Å². The Kier molecular flexibility index (Phi) is 5.21. The first-order valence-corrected chi connectivity index (χ1v) is 6.95. The van der Waals surface area contributed by atoms with Gasteiger partial charge in [0.25, 0.3) is 5.69 Å². The van der Waals surface area contributed by atoms with Crippen molar-refractivity contribution in [1.82, 2.24) is 0 Å². The molecule has 0 atom stereocenters. The first-order chi connectivity index (χ1) is 8.86. The van der Waals surface area contributed by atoms with Crippen LogP contribution < -0.4 is 10.5 Å². The number of nitro groups is 1. The second-order valence-electron chi connectivity index (χ2n) is 3.76. The molecule has 0 aromatic heterocycles. The van der Waals surface area contributed by atoms with Gasteiger partial charge in [-0.15, -0.1) is 0 Å². The monoisotopic (exact) mass is 289 g/mol. The maximum atomic E-state index is 11.4. The fourth-order valence-corrected chi connectivity index (χ4v) is 2.18. The third kappa shape index (κ3) is 4.47. The van der Waals surface area contributed by atoms with Crippen LogP contribution in [-0.2, 0) is 14.8 Å². The molecule has 19 heavy (non-hydrogen) atoms. The third-order valence-electron chi connectivity index (χ3n) is 2.32. The molecular formula is C10H15N3O5S. The minimum Gasteiger partial charge on any atom is -0.385 e. The lowest BCUT2D eigenvalue weighted by molar-refractivity contribution is -0.385. The van der Waals surface area contributed by atoms with Crippen LogP contribution in [0.3, 0.4) is 0 Å². The molecule has 0 spiro atoms. The molecule has 9 heteroatoms. The number of nitrogens with zero attached hydrogens (tertiary/aromatic N) is 1. The molecule has 8 nitrogen and oxygen atoms in total. The number of sulfonamides is 1. The summed E-state index contributed by atoms with van der Waals surface area (Å²) in [5, 5.41) is 18.5. The van der Waals surface area contributed by atoms with Gasteiger partial charge in [0.2, 0.25) is 10.0 Å². The maximum absolute atomic E-state index is 11.4. The van der Waals surface area contributed by atoms with Gasteiger partial charge in [-0.25, -0.2) is 13.6 Å². The number of anilines is 1. The van der Waals surface area contributed by atoms with Gasteiger partial charge in [-0.1, -0.05) is 0 Å². The van der Waals surface area contributed by atoms with Crippen molar-refractivity contribution in [2.24, 2.45) is 5.14 Å². The number of benzene rings is 1. The highest BCUT2D eigenvalue weighted by Gasteiger charge is 2.18. The molecule has 0 heterocycles. The Morgan fingerprint density at radius 2 is 2.16 bits per heavy atom. The SMILES string of the molecule is COCCCNc1ccc([N+](=O)[O-])cc1S(N)(=O)=O. The van der Waals surface area contributed by atoms with Crippen LogP contribution in [0.15, 0.2) is 23.1 Å². The van der Waals surface area contributed by atoms with Crippen molar-refractivity contribution in [3.05, 3.63) is 28.3 Å². The molecule has 3 N–H and O–H groups in total. The smallest absolute Gasteiger partial charge is 0.270 e. The molecule has 0 fully saturated rings. The lowest BCUT2D eigenvalue weighted by Crippen LogP contribution is -2.16. The maximum Gasteiger partial charge on any atom is 0.270 e. The molecule has 0 aliphatic rings. The summed E-state index contributed by atoms with van der Waals surface area (Å²) >= 11 is 0. The Bertz CT molecular complexity index is 558. The third-order valence-corrected chi connectivity index (χ3v) is 3.27. The number of primary sulfonamides is 1. The predicted molar refractivity (Wildman–Crippen MR) is 69.5 cm³/mol. The average Bonchev–Trinajstić information content (AvgIpc) is 2.33. The van der Waals surface area contributed by atoms with Gasteiger partial charge in [-0.3, -0.25) is 10.1 Å². The molecule has 0 unspecified atom stereocenters. The number of hydrogen-bond acceptors (Lipinski definition) is 6. The second-order valence-corrected chi connectivity index (χ2v) is 5.29. The molecular weight excluding hydrogens is 274 g/mol. The number of rotatable bonds is 7. The molecule has 0 saturated carbocycles. The number of ether oxygens (including phenoxy) is 1. The van der Waals surface area contributed by atoms with E-state index in [1.165, 1.54) is 12.1 Å². The summed E-state index contributed by atoms with van der Waals surface area (Å²) < 4.78 is 27.7. The van der Waals surface area contributed by atoms with Gasteiger partial charge in [0.15, 0.2) is 0 Å². The standard InChI is InChI=1S/C10H15N3O5S/c1-18-6-2-5-12-9-4-3-8(13(14)15)7-10(9)19(11,16)17/h3-4,7,12H,2,5-6H2,1H3,(H2,11,16,17). The molecule has 1 aromatic rings. The summed E-state index contributed by atoms with van der Waals surface area (Å²) in [5.74, 6) is 0. The largest absolute Gasteiger partial charge is 0.385 e. The average molecular weight is 289 g/mol. The van der Waals surface area contributed by atoms with Crippen molar-refractivity contribution >= 4 is 21.4 Å². The number of nitrogens with two attached hydrogens (primary N) is 1. The number of nitrogens with one attached hydrogen (secondary N) is 1. The Labute approximate surface area is 110 Å². The van der Waals surface area contributed by atoms with Crippen LogP contribution >= 0.6 is 0 Å². The van der Waals surface area contributed by atoms with E-state index in [0.29, 0.717) is 19.6 Å². The minimum atomic E-state index is -4.03. The Hall–Kier alpha value is -1.71. The van der Waals surface area contributed by atoms with Crippen LogP contribution in [0.5, 0.6) is 0 Å². The first kappa shape index (κ1) is 15.3. The van der Waals surface area contributed by atoms with Crippen molar-refractivity contribution in [2.75, 3.05) is 25.6 Å². The first-order valence-electron chi connectivity index (χ1n) is 5.40. The van der Waals surface area contributed by atoms with Crippen molar-refractivity contribution in [3.63, 3.8) is 0 Å². The molecule has 0 aliphatic heterocycles. The highest BCUT2D eigenvalue weighted by Crippen LogP contribution is 2.25. The van der Waals surface area contributed by atoms with E-state index in [9.17, 15) is 18.5 Å². The zero-order chi connectivity index (χ0) is 14.5. The topological polar surface area (TPSA) is 125 Å². The Morgan fingerprint density at radius 1 is 1.47 bits per heavy atom. The summed E-state index contributed by atoms with van der Waals surface area (Å²) in [4.78, 5) is 9.65. The quantitative estimate of drug-likeness (QED) is 0.432. The summed E-state index contributed by atoms with van der Waals surface area (Å²) in [7, 11) is -2.47. The summed E-state index contributed by atoms with van der Waals surface area (Å²) in [5.41, 5.74) is -0.0873. The number of methoxy groups -OCH3 is 1. The number of nitro benzene ring substituents is 1. The molecule has 0 amide bonds. The molecule has 0 saturated heterocycles. The van der Waals surface area contributed by atoms with Gasteiger partial charge in [0.1, 0.15) is 4.90 Å². The van der Waals surface area contributed by atoms with E-state index in [0.717, 1.165) is 6.07 Å². The van der Waals surface area contributed by atoms with Crippen LogP contribution in [0.25, 0.3) is 0 Å². The second kappa shape index (κ2) is 6.45. The van der Waals surface area contributed by atoms with E-state index in [1.807, 2.05) is 0 Å². The fraction of sp³-hybridized carbons (Fsp3) is 0.400. The van der Waals surface area contributed by atoms with Gasteiger partial charge in [0.05, 0.1) is 10.6 Å². The van der Waals surface area contributed by atoms with E-state index in [1.54, 1.807) is 7.11 Å². The van der Waals surface area contributed by atoms with E-state index in [2.05, 4.69) is 5.32 Å². The number of hydrogen-bond donors (Lipinski definition) is 2. The van der Waals surface area contributed by atoms with Crippen molar-refractivity contribution in [1.29, 1.82) is 0 Å². The van der Waals surface area contributed by atoms with Crippen molar-refractivity contribution in [2.45, 2.75) is 11.3 Å². The van der Waals surface area contributed by atoms with Crippen LogP contribution in [0.2, 0.25) is 0 Å². The van der Waals surface area contributed by atoms with Crippen LogP contribution in [-0.4, -0.2) is 33.6 Å². The lowest BCUT2D eigenvalue weighted by Gasteiger charge is -2.10. The molecule has 0 bridgehead atoms. The summed E-state index contributed by atoms with van der Waals surface area (Å²) in [6.45, 7) is 0.985. The highest BCUT2D eigenvalue weighted by atomic mass is 32.2. The number of non-ortho nitro benzene ring substituents is 1. The summed E-state index contributed by atoms with van der Waals surface area (Å²) in [6, 6.07) is 3.48. The van der Waals surface area contributed by atoms with Crippen LogP contribution in [0.1, 0.15) is 6.42 Å². The summed E-state index contributed by atoms with van der Waals surface area (Å²) in [6.07, 6.45) is 0.664. The Balaban J connectivity index is 3.00. The zero-order valence-electron chi connectivity index (χ0n) is 10.3. The Morgan fingerprint density at radius 3 is 2.68 bits per heavy atom. The van der Waals surface area contributed by atoms with Crippen molar-refractivity contribution in [3.8, 4) is 0 Å². The molecule has 1 aromatic carbocycles. The molecule has 1 rings (SSSR count). The van der Waals surface area contributed by atoms with Gasteiger partial charge in [-0.05, 0) is 12.5 Å². The highest BCUT2D eigenvalue weighted by molar-refractivity contribution is 7.89. The molecule has 0 radical (unpaired) electrons. The minimum absolute atomic E-state index is 0.240. The van der Waals surface area contributed by atoms with Crippen LogP contribution in [0.4, 0.5) is 11.4 Å².